The molecule has 3 rings (SSSR count). The summed E-state index contributed by atoms with van der Waals surface area (Å²) in [5.41, 5.74) is 1.21. The van der Waals surface area contributed by atoms with Crippen molar-refractivity contribution >= 4 is 5.69 Å². The Morgan fingerprint density at radius 1 is 0.821 bits per heavy atom. The maximum Gasteiger partial charge on any atom is 0.416 e. The summed E-state index contributed by atoms with van der Waals surface area (Å²) in [5.74, 6) is 0.699. The van der Waals surface area contributed by atoms with Gasteiger partial charge >= 0.3 is 6.18 Å². The second-order valence-corrected chi connectivity index (χ2v) is 6.33. The fourth-order valence-electron chi connectivity index (χ4n) is 2.93. The summed E-state index contributed by atoms with van der Waals surface area (Å²) in [4.78, 5) is 0. The highest BCUT2D eigenvalue weighted by Gasteiger charge is 2.31. The zero-order valence-electron chi connectivity index (χ0n) is 15.1. The number of rotatable bonds is 6. The van der Waals surface area contributed by atoms with Crippen molar-refractivity contribution < 1.29 is 23.0 Å². The first kappa shape index (κ1) is 19.8. The molecule has 3 aromatic rings. The maximum absolute atomic E-state index is 12.8. The molecule has 3 aromatic carbocycles. The summed E-state index contributed by atoms with van der Waals surface area (Å²) in [7, 11) is 1.57. The highest BCUT2D eigenvalue weighted by Crippen LogP contribution is 2.35. The SMILES string of the molecule is COc1ccc(NC(c2ccccc2)C(O)c2ccc(C(F)(F)F)cc2)cc1. The zero-order chi connectivity index (χ0) is 20.1. The minimum Gasteiger partial charge on any atom is -0.497 e. The van der Waals surface area contributed by atoms with E-state index in [1.807, 2.05) is 42.5 Å². The second-order valence-electron chi connectivity index (χ2n) is 6.33. The van der Waals surface area contributed by atoms with Crippen molar-refractivity contribution in [3.8, 4) is 5.75 Å². The van der Waals surface area contributed by atoms with Crippen LogP contribution in [0.1, 0.15) is 28.8 Å². The van der Waals surface area contributed by atoms with Crippen LogP contribution < -0.4 is 10.1 Å². The molecular weight excluding hydrogens is 367 g/mol. The average molecular weight is 387 g/mol. The van der Waals surface area contributed by atoms with Crippen molar-refractivity contribution in [1.29, 1.82) is 0 Å². The van der Waals surface area contributed by atoms with E-state index in [0.29, 0.717) is 11.3 Å². The van der Waals surface area contributed by atoms with Crippen LogP contribution in [0.2, 0.25) is 0 Å². The summed E-state index contributed by atoms with van der Waals surface area (Å²) in [6, 6.07) is 20.5. The number of alkyl halides is 3. The number of nitrogens with one attached hydrogen (secondary N) is 1. The zero-order valence-corrected chi connectivity index (χ0v) is 15.1. The summed E-state index contributed by atoms with van der Waals surface area (Å²) in [6.07, 6.45) is -5.46. The molecule has 2 N–H and O–H groups in total. The third-order valence-electron chi connectivity index (χ3n) is 4.47. The molecule has 0 fully saturated rings. The summed E-state index contributed by atoms with van der Waals surface area (Å²) in [6.45, 7) is 0. The van der Waals surface area contributed by atoms with E-state index in [2.05, 4.69) is 5.32 Å². The van der Waals surface area contributed by atoms with Gasteiger partial charge in [0.2, 0.25) is 0 Å². The molecule has 6 heteroatoms. The van der Waals surface area contributed by atoms with Crippen LogP contribution in [0.3, 0.4) is 0 Å². The van der Waals surface area contributed by atoms with E-state index in [4.69, 9.17) is 4.74 Å². The number of hydrogen-bond acceptors (Lipinski definition) is 3. The Morgan fingerprint density at radius 3 is 1.96 bits per heavy atom. The van der Waals surface area contributed by atoms with Gasteiger partial charge in [-0.1, -0.05) is 42.5 Å². The number of anilines is 1. The molecule has 28 heavy (non-hydrogen) atoms. The van der Waals surface area contributed by atoms with Crippen LogP contribution in [-0.4, -0.2) is 12.2 Å². The minimum absolute atomic E-state index is 0.392. The monoisotopic (exact) mass is 387 g/mol. The van der Waals surface area contributed by atoms with E-state index in [9.17, 15) is 18.3 Å². The second kappa shape index (κ2) is 8.35. The van der Waals surface area contributed by atoms with Crippen molar-refractivity contribution in [2.24, 2.45) is 0 Å². The van der Waals surface area contributed by atoms with E-state index >= 15 is 0 Å². The quantitative estimate of drug-likeness (QED) is 0.578. The first-order valence-electron chi connectivity index (χ1n) is 8.69. The third-order valence-corrected chi connectivity index (χ3v) is 4.47. The van der Waals surface area contributed by atoms with Crippen molar-refractivity contribution in [3.63, 3.8) is 0 Å². The van der Waals surface area contributed by atoms with Crippen molar-refractivity contribution in [1.82, 2.24) is 0 Å². The Balaban J connectivity index is 1.89. The Kier molecular flexibility index (Phi) is 5.90. The van der Waals surface area contributed by atoms with Crippen LogP contribution in [0.4, 0.5) is 18.9 Å². The van der Waals surface area contributed by atoms with Crippen LogP contribution in [0.25, 0.3) is 0 Å². The van der Waals surface area contributed by atoms with Crippen molar-refractivity contribution in [3.05, 3.63) is 95.6 Å². The number of aliphatic hydroxyl groups is 1. The van der Waals surface area contributed by atoms with E-state index in [0.717, 1.165) is 23.4 Å². The molecular formula is C22H20F3NO2. The molecule has 0 spiro atoms. The van der Waals surface area contributed by atoms with E-state index in [1.165, 1.54) is 12.1 Å². The lowest BCUT2D eigenvalue weighted by atomic mass is 9.94. The molecule has 0 heterocycles. The van der Waals surface area contributed by atoms with Gasteiger partial charge in [0.05, 0.1) is 18.7 Å². The van der Waals surface area contributed by atoms with Gasteiger partial charge in [0.25, 0.3) is 0 Å². The maximum atomic E-state index is 12.8. The molecule has 146 valence electrons. The Hall–Kier alpha value is -2.99. The van der Waals surface area contributed by atoms with Crippen molar-refractivity contribution in [2.45, 2.75) is 18.3 Å². The van der Waals surface area contributed by atoms with Gasteiger partial charge in [-0.3, -0.25) is 0 Å². The van der Waals surface area contributed by atoms with Crippen LogP contribution in [-0.2, 0) is 6.18 Å². The number of benzene rings is 3. The predicted molar refractivity (Wildman–Crippen MR) is 102 cm³/mol. The lowest BCUT2D eigenvalue weighted by Crippen LogP contribution is -2.19. The lowest BCUT2D eigenvalue weighted by Gasteiger charge is -2.26. The molecule has 0 aliphatic rings. The van der Waals surface area contributed by atoms with Crippen LogP contribution in [0, 0.1) is 0 Å². The molecule has 0 aliphatic carbocycles. The fourth-order valence-corrected chi connectivity index (χ4v) is 2.93. The van der Waals surface area contributed by atoms with Gasteiger partial charge in [-0.25, -0.2) is 0 Å². The number of hydrogen-bond donors (Lipinski definition) is 2. The first-order chi connectivity index (χ1) is 13.4. The third kappa shape index (κ3) is 4.64. The number of methoxy groups -OCH3 is 1. The van der Waals surface area contributed by atoms with Crippen molar-refractivity contribution in [2.75, 3.05) is 12.4 Å². The Bertz CT molecular complexity index is 878. The van der Waals surface area contributed by atoms with Crippen LogP contribution in [0.5, 0.6) is 5.75 Å². The van der Waals surface area contributed by atoms with Gasteiger partial charge in [-0.05, 0) is 47.5 Å². The molecule has 0 saturated heterocycles. The number of aliphatic hydroxyl groups excluding tert-OH is 1. The lowest BCUT2D eigenvalue weighted by molar-refractivity contribution is -0.137. The summed E-state index contributed by atoms with van der Waals surface area (Å²) in [5, 5.41) is 14.2. The highest BCUT2D eigenvalue weighted by molar-refractivity contribution is 5.49. The average Bonchev–Trinajstić information content (AvgIpc) is 2.72. The minimum atomic E-state index is -4.41. The van der Waals surface area contributed by atoms with Gasteiger partial charge < -0.3 is 15.2 Å². The van der Waals surface area contributed by atoms with Crippen LogP contribution >= 0.6 is 0 Å². The molecule has 0 amide bonds. The molecule has 2 unspecified atom stereocenters. The van der Waals surface area contributed by atoms with E-state index < -0.39 is 23.9 Å². The van der Waals surface area contributed by atoms with Gasteiger partial charge in [0, 0.05) is 5.69 Å². The Labute approximate surface area is 161 Å². The predicted octanol–water partition coefficient (Wildman–Crippen LogP) is 5.60. The van der Waals surface area contributed by atoms with Crippen LogP contribution in [0.15, 0.2) is 78.9 Å². The molecule has 0 bridgehead atoms. The highest BCUT2D eigenvalue weighted by atomic mass is 19.4. The van der Waals surface area contributed by atoms with E-state index in [-0.39, 0.29) is 0 Å². The summed E-state index contributed by atoms with van der Waals surface area (Å²) < 4.78 is 43.6. The smallest absolute Gasteiger partial charge is 0.416 e. The molecule has 0 aromatic heterocycles. The summed E-state index contributed by atoms with van der Waals surface area (Å²) >= 11 is 0. The van der Waals surface area contributed by atoms with Gasteiger partial charge in [0.15, 0.2) is 0 Å². The molecule has 2 atom stereocenters. The normalized spacial score (nSPS) is 13.6. The fraction of sp³-hybridized carbons (Fsp3) is 0.182. The Morgan fingerprint density at radius 2 is 1.43 bits per heavy atom. The first-order valence-corrected chi connectivity index (χ1v) is 8.69. The van der Waals surface area contributed by atoms with E-state index in [1.54, 1.807) is 19.2 Å². The molecule has 0 saturated carbocycles. The van der Waals surface area contributed by atoms with Gasteiger partial charge in [-0.15, -0.1) is 0 Å². The molecule has 3 nitrogen and oxygen atoms in total. The molecule has 0 aliphatic heterocycles. The largest absolute Gasteiger partial charge is 0.497 e. The topological polar surface area (TPSA) is 41.5 Å². The van der Waals surface area contributed by atoms with Gasteiger partial charge in [-0.2, -0.15) is 13.2 Å². The number of ether oxygens (including phenoxy) is 1. The molecule has 0 radical (unpaired) electrons. The standard InChI is InChI=1S/C22H20F3NO2/c1-28-19-13-11-18(12-14-19)26-20(15-5-3-2-4-6-15)21(27)16-7-9-17(10-8-16)22(23,24)25/h2-14,20-21,26-27H,1H3. The van der Waals surface area contributed by atoms with Gasteiger partial charge in [0.1, 0.15) is 11.9 Å². The number of halogens is 3.